The van der Waals surface area contributed by atoms with Crippen molar-refractivity contribution in [1.82, 2.24) is 0 Å². The fraction of sp³-hybridized carbons (Fsp3) is 0.333. The van der Waals surface area contributed by atoms with Gasteiger partial charge < -0.3 is 24.8 Å². The second-order valence-electron chi connectivity index (χ2n) is 8.75. The third-order valence-corrected chi connectivity index (χ3v) is 7.17. The normalized spacial score (nSPS) is 19.4. The van der Waals surface area contributed by atoms with Crippen LogP contribution < -0.4 is 24.8 Å². The van der Waals surface area contributed by atoms with E-state index in [1.165, 1.54) is 46.6 Å². The molecular weight excluding hydrogens is 589 g/mol. The molecule has 3 aliphatic rings. The molecular formula is C30H32Cl2F2SiZr. The molecule has 1 aliphatic heterocycles. The Hall–Kier alpha value is -1.06. The zero-order valence-electron chi connectivity index (χ0n) is 21.3. The summed E-state index contributed by atoms with van der Waals surface area (Å²) >= 11 is 0. The molecule has 188 valence electrons. The molecule has 0 N–H and O–H groups in total. The summed E-state index contributed by atoms with van der Waals surface area (Å²) in [7, 11) is 1.31. The largest absolute Gasteiger partial charge is 4.00 e. The summed E-state index contributed by atoms with van der Waals surface area (Å²) in [4.78, 5) is 0. The van der Waals surface area contributed by atoms with Crippen molar-refractivity contribution in [2.75, 3.05) is 0 Å². The van der Waals surface area contributed by atoms with Gasteiger partial charge in [0.25, 0.3) is 0 Å². The van der Waals surface area contributed by atoms with Gasteiger partial charge in [-0.1, -0.05) is 99.9 Å². The average molecular weight is 621 g/mol. The Bertz CT molecular complexity index is 999. The SMILES string of the molecule is C1CC[Si]C1.CC1=[C-]C(C)C=C1c1cccc(F)c1.CC1=[C-]C(C)C=C1c1cccc(F)c1.[Cl-].[Cl-].[Zr+4]. The van der Waals surface area contributed by atoms with E-state index in [4.69, 9.17) is 0 Å². The van der Waals surface area contributed by atoms with Gasteiger partial charge in [-0.25, -0.2) is 19.9 Å². The van der Waals surface area contributed by atoms with E-state index in [1.54, 1.807) is 24.3 Å². The summed E-state index contributed by atoms with van der Waals surface area (Å²) in [6.07, 6.45) is 13.8. The fourth-order valence-corrected chi connectivity index (χ4v) is 5.48. The van der Waals surface area contributed by atoms with E-state index >= 15 is 0 Å². The van der Waals surface area contributed by atoms with Gasteiger partial charge in [-0.3, -0.25) is 12.2 Å². The van der Waals surface area contributed by atoms with Crippen molar-refractivity contribution < 1.29 is 59.8 Å². The minimum Gasteiger partial charge on any atom is -1.00 e. The van der Waals surface area contributed by atoms with Crippen molar-refractivity contribution in [3.05, 3.63) is 107 Å². The van der Waals surface area contributed by atoms with Gasteiger partial charge in [-0.2, -0.15) is 23.3 Å². The Labute approximate surface area is 250 Å². The molecule has 0 nitrogen and oxygen atoms in total. The Morgan fingerprint density at radius 3 is 1.36 bits per heavy atom. The summed E-state index contributed by atoms with van der Waals surface area (Å²) in [5.41, 5.74) is 6.33. The molecule has 5 rings (SSSR count). The minimum absolute atomic E-state index is 0. The van der Waals surface area contributed by atoms with Crippen LogP contribution in [0, 0.1) is 35.6 Å². The molecule has 0 amide bonds. The van der Waals surface area contributed by atoms with Gasteiger partial charge in [0.05, 0.1) is 0 Å². The van der Waals surface area contributed by atoms with Gasteiger partial charge in [0.2, 0.25) is 0 Å². The number of benzene rings is 2. The predicted octanol–water partition coefficient (Wildman–Crippen LogP) is 2.54. The standard InChI is InChI=1S/2C13H12F.C4H8Si.2ClH.Zr/c2*1-9-6-10(2)13(7-9)11-4-3-5-12(14)8-11;1-2-4-5-3-1;;;/h2*3-5,7-9H,1-2H3;1-4H2;2*1H;/q2*-1;;;;+4/p-2. The fourth-order valence-electron chi connectivity index (χ4n) is 4.23. The van der Waals surface area contributed by atoms with E-state index in [2.05, 4.69) is 38.2 Å². The van der Waals surface area contributed by atoms with Gasteiger partial charge >= 0.3 is 26.2 Å². The number of hydrogen-bond donors (Lipinski definition) is 0. The monoisotopic (exact) mass is 618 g/mol. The molecule has 0 aromatic heterocycles. The van der Waals surface area contributed by atoms with Crippen molar-refractivity contribution >= 4 is 20.7 Å². The Morgan fingerprint density at radius 2 is 1.11 bits per heavy atom. The minimum atomic E-state index is -0.184. The van der Waals surface area contributed by atoms with Gasteiger partial charge in [0.1, 0.15) is 11.6 Å². The Balaban J connectivity index is 0.000000534. The summed E-state index contributed by atoms with van der Waals surface area (Å²) in [6.45, 7) is 8.19. The van der Waals surface area contributed by atoms with Gasteiger partial charge in [0.15, 0.2) is 0 Å². The molecule has 2 aliphatic carbocycles. The molecule has 0 saturated carbocycles. The summed E-state index contributed by atoms with van der Waals surface area (Å²) in [5.74, 6) is 0.313. The van der Waals surface area contributed by atoms with Crippen LogP contribution in [0.5, 0.6) is 0 Å². The average Bonchev–Trinajstić information content (AvgIpc) is 3.52. The third-order valence-electron chi connectivity index (χ3n) is 5.76. The summed E-state index contributed by atoms with van der Waals surface area (Å²) in [5, 5.41) is 0. The first-order valence-corrected chi connectivity index (χ1v) is 13.1. The smallest absolute Gasteiger partial charge is 1.00 e. The number of halogens is 4. The van der Waals surface area contributed by atoms with E-state index in [1.807, 2.05) is 26.0 Å². The maximum Gasteiger partial charge on any atom is 4.00 e. The quantitative estimate of drug-likeness (QED) is 0.358. The zero-order chi connectivity index (χ0) is 23.8. The number of hydrogen-bond acceptors (Lipinski definition) is 0. The van der Waals surface area contributed by atoms with E-state index in [-0.39, 0.29) is 62.7 Å². The van der Waals surface area contributed by atoms with E-state index in [0.29, 0.717) is 11.8 Å². The van der Waals surface area contributed by atoms with Gasteiger partial charge in [-0.05, 0) is 24.3 Å². The van der Waals surface area contributed by atoms with Crippen molar-refractivity contribution in [1.29, 1.82) is 0 Å². The maximum atomic E-state index is 13.0. The molecule has 2 aromatic rings. The predicted molar refractivity (Wildman–Crippen MR) is 137 cm³/mol. The Morgan fingerprint density at radius 1 is 0.722 bits per heavy atom. The third kappa shape index (κ3) is 10.7. The molecule has 2 radical (unpaired) electrons. The molecule has 1 fully saturated rings. The molecule has 0 spiro atoms. The first kappa shape index (κ1) is 34.9. The summed E-state index contributed by atoms with van der Waals surface area (Å²) < 4.78 is 26.0. The van der Waals surface area contributed by atoms with E-state index < -0.39 is 0 Å². The second kappa shape index (κ2) is 17.4. The topological polar surface area (TPSA) is 0 Å². The molecule has 6 heteroatoms. The van der Waals surface area contributed by atoms with Crippen molar-refractivity contribution in [2.45, 2.75) is 52.6 Å². The number of allylic oxidation sites excluding steroid dienone is 8. The molecule has 1 saturated heterocycles. The molecule has 2 unspecified atom stereocenters. The van der Waals surface area contributed by atoms with Crippen molar-refractivity contribution in [3.63, 3.8) is 0 Å². The van der Waals surface area contributed by atoms with Crippen LogP contribution in [-0.4, -0.2) is 9.52 Å². The zero-order valence-corrected chi connectivity index (χ0v) is 26.2. The second-order valence-corrected chi connectivity index (χ2v) is 10.3. The van der Waals surface area contributed by atoms with Crippen LogP contribution in [0.3, 0.4) is 0 Å². The van der Waals surface area contributed by atoms with Crippen molar-refractivity contribution in [2.24, 2.45) is 11.8 Å². The molecule has 2 aromatic carbocycles. The molecule has 36 heavy (non-hydrogen) atoms. The van der Waals surface area contributed by atoms with Crippen LogP contribution in [0.15, 0.2) is 71.8 Å². The first-order chi connectivity index (χ1) is 15.8. The van der Waals surface area contributed by atoms with Gasteiger partial charge in [-0.15, -0.1) is 0 Å². The van der Waals surface area contributed by atoms with E-state index in [9.17, 15) is 8.78 Å². The maximum absolute atomic E-state index is 13.0. The van der Waals surface area contributed by atoms with Crippen LogP contribution in [0.1, 0.15) is 51.7 Å². The number of rotatable bonds is 2. The van der Waals surface area contributed by atoms with Crippen LogP contribution in [0.4, 0.5) is 8.78 Å². The van der Waals surface area contributed by atoms with Gasteiger partial charge in [0, 0.05) is 9.52 Å². The molecule has 0 bridgehead atoms. The van der Waals surface area contributed by atoms with Crippen LogP contribution in [-0.2, 0) is 26.2 Å². The Kier molecular flexibility index (Phi) is 16.9. The van der Waals surface area contributed by atoms with Crippen LogP contribution >= 0.6 is 0 Å². The van der Waals surface area contributed by atoms with E-state index in [0.717, 1.165) is 33.4 Å². The molecule has 1 heterocycles. The summed E-state index contributed by atoms with van der Waals surface area (Å²) in [6, 6.07) is 16.4. The first-order valence-electron chi connectivity index (χ1n) is 11.7. The van der Waals surface area contributed by atoms with Crippen LogP contribution in [0.25, 0.3) is 11.1 Å². The van der Waals surface area contributed by atoms with Crippen LogP contribution in [0.2, 0.25) is 12.1 Å². The molecule has 2 atom stereocenters. The van der Waals surface area contributed by atoms with Crippen molar-refractivity contribution in [3.8, 4) is 0 Å².